The van der Waals surface area contributed by atoms with E-state index in [4.69, 9.17) is 28.6 Å². The summed E-state index contributed by atoms with van der Waals surface area (Å²) in [4.78, 5) is 27.2. The smallest absolute Gasteiger partial charge is 0.266 e. The number of aromatic nitrogens is 2. The Kier molecular flexibility index (Phi) is 8.34. The van der Waals surface area contributed by atoms with Gasteiger partial charge in [-0.25, -0.2) is 0 Å². The molecule has 2 aromatic rings. The fraction of sp³-hybridized carbons (Fsp3) is 0.409. The molecule has 1 N–H and O–H groups in total. The Labute approximate surface area is 210 Å². The second-order valence-corrected chi connectivity index (χ2v) is 10.7. The molecule has 0 spiro atoms. The van der Waals surface area contributed by atoms with Crippen LogP contribution in [0.25, 0.3) is 6.08 Å². The van der Waals surface area contributed by atoms with Crippen LogP contribution in [0.15, 0.2) is 29.2 Å². The number of thiocarbonyl (C=S) groups is 1. The van der Waals surface area contributed by atoms with Crippen LogP contribution < -0.4 is 10.1 Å². The second-order valence-electron chi connectivity index (χ2n) is 7.68. The molecule has 2 aliphatic rings. The van der Waals surface area contributed by atoms with Crippen molar-refractivity contribution in [1.29, 1.82) is 0 Å². The van der Waals surface area contributed by atoms with Gasteiger partial charge in [-0.1, -0.05) is 59.9 Å². The molecule has 11 heteroatoms. The number of hydrogen-bond acceptors (Lipinski definition) is 8. The summed E-state index contributed by atoms with van der Waals surface area (Å²) in [5, 5.41) is 11.4. The monoisotopic (exact) mass is 522 g/mol. The maximum Gasteiger partial charge on any atom is 0.266 e. The van der Waals surface area contributed by atoms with E-state index in [9.17, 15) is 9.59 Å². The van der Waals surface area contributed by atoms with Crippen LogP contribution in [0.2, 0.25) is 0 Å². The van der Waals surface area contributed by atoms with E-state index >= 15 is 0 Å². The summed E-state index contributed by atoms with van der Waals surface area (Å²) in [6.45, 7) is 0.190. The van der Waals surface area contributed by atoms with Crippen molar-refractivity contribution in [3.63, 3.8) is 0 Å². The molecule has 0 unspecified atom stereocenters. The zero-order valence-corrected chi connectivity index (χ0v) is 21.0. The minimum Gasteiger partial charge on any atom is -0.490 e. The Balaban J connectivity index is 1.38. The summed E-state index contributed by atoms with van der Waals surface area (Å²) in [6, 6.07) is 7.74. The largest absolute Gasteiger partial charge is 0.490 e. The Morgan fingerprint density at radius 1 is 1.27 bits per heavy atom. The van der Waals surface area contributed by atoms with E-state index in [0.29, 0.717) is 19.4 Å². The van der Waals surface area contributed by atoms with Gasteiger partial charge in [-0.3, -0.25) is 14.5 Å². The highest BCUT2D eigenvalue weighted by Gasteiger charge is 2.32. The lowest BCUT2D eigenvalue weighted by Gasteiger charge is -2.23. The number of nitrogens with zero attached hydrogens (tertiary/aromatic N) is 3. The molecule has 2 fully saturated rings. The van der Waals surface area contributed by atoms with E-state index in [0.717, 1.165) is 24.2 Å². The van der Waals surface area contributed by atoms with Gasteiger partial charge in [0.25, 0.3) is 5.91 Å². The first-order valence-electron chi connectivity index (χ1n) is 10.7. The van der Waals surface area contributed by atoms with Gasteiger partial charge >= 0.3 is 0 Å². The van der Waals surface area contributed by atoms with E-state index in [1.54, 1.807) is 0 Å². The molecular weight excluding hydrogens is 500 g/mol. The van der Waals surface area contributed by atoms with Crippen LogP contribution in [-0.4, -0.2) is 43.9 Å². The average Bonchev–Trinajstić information content (AvgIpc) is 3.38. The topological polar surface area (TPSA) is 84.4 Å². The first-order chi connectivity index (χ1) is 16.0. The summed E-state index contributed by atoms with van der Waals surface area (Å²) >= 11 is 13.6. The standard InChI is InChI=1S/C22H23ClN4O3S3/c23-13-19-25-26-21(33-19)24-18(28)10-11-27-20(29)17(32-22(27)31)12-14-6-4-5-9-16(14)30-15-7-2-1-3-8-15/h4-6,9,12,15H,1-3,7-8,10-11,13H2,(H,24,26,28)/b17-12-. The van der Waals surface area contributed by atoms with Crippen molar-refractivity contribution < 1.29 is 14.3 Å². The molecule has 1 saturated carbocycles. The predicted octanol–water partition coefficient (Wildman–Crippen LogP) is 5.22. The van der Waals surface area contributed by atoms with Gasteiger partial charge in [0.2, 0.25) is 11.0 Å². The molecule has 174 valence electrons. The summed E-state index contributed by atoms with van der Waals surface area (Å²) in [5.74, 6) is 0.551. The molecule has 1 aromatic heterocycles. The average molecular weight is 523 g/mol. The van der Waals surface area contributed by atoms with Gasteiger partial charge < -0.3 is 10.1 Å². The molecule has 4 rings (SSSR count). The number of carbonyl (C=O) groups is 2. The third kappa shape index (κ3) is 6.32. The third-order valence-electron chi connectivity index (χ3n) is 5.32. The van der Waals surface area contributed by atoms with Crippen molar-refractivity contribution in [3.05, 3.63) is 39.7 Å². The number of ether oxygens (including phenoxy) is 1. The van der Waals surface area contributed by atoms with Crippen molar-refractivity contribution in [2.24, 2.45) is 0 Å². The van der Waals surface area contributed by atoms with Gasteiger partial charge in [0.15, 0.2) is 0 Å². The van der Waals surface area contributed by atoms with Crippen molar-refractivity contribution in [1.82, 2.24) is 15.1 Å². The van der Waals surface area contributed by atoms with E-state index in [2.05, 4.69) is 15.5 Å². The molecule has 7 nitrogen and oxygen atoms in total. The lowest BCUT2D eigenvalue weighted by molar-refractivity contribution is -0.122. The molecule has 1 aliphatic carbocycles. The molecular formula is C22H23ClN4O3S3. The van der Waals surface area contributed by atoms with E-state index in [1.165, 1.54) is 47.3 Å². The van der Waals surface area contributed by atoms with Crippen LogP contribution in [0.1, 0.15) is 49.1 Å². The number of thioether (sulfide) groups is 1. The van der Waals surface area contributed by atoms with Crippen molar-refractivity contribution in [3.8, 4) is 5.75 Å². The SMILES string of the molecule is O=C(CCN1C(=O)/C(=C/c2ccccc2OC2CCCCC2)SC1=S)Nc1nnc(CCl)s1. The van der Waals surface area contributed by atoms with Crippen LogP contribution >= 0.6 is 46.9 Å². The first-order valence-corrected chi connectivity index (χ1v) is 13.3. The lowest BCUT2D eigenvalue weighted by Crippen LogP contribution is -2.31. The maximum absolute atomic E-state index is 13.0. The van der Waals surface area contributed by atoms with E-state index < -0.39 is 0 Å². The van der Waals surface area contributed by atoms with Crippen LogP contribution in [0.4, 0.5) is 5.13 Å². The summed E-state index contributed by atoms with van der Waals surface area (Å²) in [7, 11) is 0. The minimum absolute atomic E-state index is 0.0941. The number of hydrogen-bond donors (Lipinski definition) is 1. The zero-order valence-electron chi connectivity index (χ0n) is 17.8. The van der Waals surface area contributed by atoms with Gasteiger partial charge in [0, 0.05) is 18.5 Å². The highest BCUT2D eigenvalue weighted by Crippen LogP contribution is 2.35. The molecule has 0 bridgehead atoms. The number of amides is 2. The summed E-state index contributed by atoms with van der Waals surface area (Å²) in [5.41, 5.74) is 0.854. The van der Waals surface area contributed by atoms with Crippen LogP contribution in [0.5, 0.6) is 5.75 Å². The van der Waals surface area contributed by atoms with Gasteiger partial charge in [0.1, 0.15) is 15.1 Å². The molecule has 1 aromatic carbocycles. The lowest BCUT2D eigenvalue weighted by atomic mass is 9.97. The van der Waals surface area contributed by atoms with Crippen LogP contribution in [-0.2, 0) is 15.5 Å². The second kappa shape index (κ2) is 11.4. The number of para-hydroxylation sites is 1. The summed E-state index contributed by atoms with van der Waals surface area (Å²) < 4.78 is 6.68. The number of carbonyl (C=O) groups excluding carboxylic acids is 2. The van der Waals surface area contributed by atoms with Crippen molar-refractivity contribution in [2.45, 2.75) is 50.5 Å². The Hall–Kier alpha value is -2.01. The minimum atomic E-state index is -0.267. The molecule has 2 amide bonds. The number of rotatable bonds is 8. The van der Waals surface area contributed by atoms with Gasteiger partial charge in [-0.15, -0.1) is 21.8 Å². The highest BCUT2D eigenvalue weighted by molar-refractivity contribution is 8.26. The number of alkyl halides is 1. The number of nitrogens with one attached hydrogen (secondary N) is 1. The molecule has 2 heterocycles. The third-order valence-corrected chi connectivity index (χ3v) is 7.94. The molecule has 0 atom stereocenters. The number of halogens is 1. The van der Waals surface area contributed by atoms with Gasteiger partial charge in [-0.2, -0.15) is 0 Å². The van der Waals surface area contributed by atoms with Crippen LogP contribution in [0.3, 0.4) is 0 Å². The Morgan fingerprint density at radius 2 is 2.06 bits per heavy atom. The van der Waals surface area contributed by atoms with Gasteiger partial charge in [0.05, 0.1) is 16.9 Å². The first kappa shape index (κ1) is 24.1. The Morgan fingerprint density at radius 3 is 2.82 bits per heavy atom. The molecule has 33 heavy (non-hydrogen) atoms. The maximum atomic E-state index is 13.0. The highest BCUT2D eigenvalue weighted by atomic mass is 35.5. The number of benzene rings is 1. The van der Waals surface area contributed by atoms with Crippen molar-refractivity contribution >= 4 is 74.3 Å². The van der Waals surface area contributed by atoms with Crippen LogP contribution in [0, 0.1) is 0 Å². The van der Waals surface area contributed by atoms with Crippen molar-refractivity contribution in [2.75, 3.05) is 11.9 Å². The Bertz CT molecular complexity index is 1070. The van der Waals surface area contributed by atoms with E-state index in [1.807, 2.05) is 30.3 Å². The quantitative estimate of drug-likeness (QED) is 0.289. The van der Waals surface area contributed by atoms with E-state index in [-0.39, 0.29) is 36.8 Å². The zero-order chi connectivity index (χ0) is 23.2. The predicted molar refractivity (Wildman–Crippen MR) is 137 cm³/mol. The summed E-state index contributed by atoms with van der Waals surface area (Å²) in [6.07, 6.45) is 7.89. The number of anilines is 1. The molecule has 1 saturated heterocycles. The normalized spacial score (nSPS) is 18.2. The molecule has 1 aliphatic heterocycles. The fourth-order valence-corrected chi connectivity index (χ4v) is 5.78. The molecule has 0 radical (unpaired) electrons. The fourth-order valence-electron chi connectivity index (χ4n) is 3.66. The van der Waals surface area contributed by atoms with Gasteiger partial charge in [-0.05, 0) is 37.8 Å².